The highest BCUT2D eigenvalue weighted by molar-refractivity contribution is 6.44. The second kappa shape index (κ2) is 9.73. The highest BCUT2D eigenvalue weighted by Crippen LogP contribution is 2.20. The van der Waals surface area contributed by atoms with Gasteiger partial charge in [0, 0.05) is 10.7 Å². The Balaban J connectivity index is 2.05. The second-order valence-corrected chi connectivity index (χ2v) is 6.31. The first kappa shape index (κ1) is 20.5. The van der Waals surface area contributed by atoms with Crippen molar-refractivity contribution in [1.82, 2.24) is 0 Å². The summed E-state index contributed by atoms with van der Waals surface area (Å²) in [5.41, 5.74) is 1.65. The molecule has 0 bridgehead atoms. The minimum absolute atomic E-state index is 0.188. The van der Waals surface area contributed by atoms with Gasteiger partial charge in [-0.1, -0.05) is 43.1 Å². The number of para-hydroxylation sites is 1. The molecule has 142 valence electrons. The predicted octanol–water partition coefficient (Wildman–Crippen LogP) is 4.18. The lowest BCUT2D eigenvalue weighted by Crippen LogP contribution is -2.29. The van der Waals surface area contributed by atoms with E-state index >= 15 is 0 Å². The van der Waals surface area contributed by atoms with Gasteiger partial charge in [0.1, 0.15) is 0 Å². The first-order chi connectivity index (χ1) is 12.9. The van der Waals surface area contributed by atoms with E-state index in [1.807, 2.05) is 13.8 Å². The Labute approximate surface area is 162 Å². The number of hydrogen-bond acceptors (Lipinski definition) is 4. The van der Waals surface area contributed by atoms with Crippen LogP contribution in [0.25, 0.3) is 0 Å². The molecule has 0 aromatic heterocycles. The predicted molar refractivity (Wildman–Crippen MR) is 105 cm³/mol. The fourth-order valence-corrected chi connectivity index (χ4v) is 2.38. The van der Waals surface area contributed by atoms with E-state index in [0.717, 1.165) is 18.4 Å². The van der Waals surface area contributed by atoms with Crippen LogP contribution in [0, 0.1) is 6.92 Å². The van der Waals surface area contributed by atoms with E-state index in [1.54, 1.807) is 30.3 Å². The Morgan fingerprint density at radius 1 is 1.04 bits per heavy atom. The molecule has 0 aliphatic carbocycles. The van der Waals surface area contributed by atoms with E-state index in [-0.39, 0.29) is 11.3 Å². The molecule has 0 aliphatic rings. The molecule has 0 fully saturated rings. The lowest BCUT2D eigenvalue weighted by Gasteiger charge is -2.11. The summed E-state index contributed by atoms with van der Waals surface area (Å²) in [6, 6.07) is 11.3. The minimum Gasteiger partial charge on any atom is -0.462 e. The highest BCUT2D eigenvalue weighted by Gasteiger charge is 2.19. The molecule has 2 amide bonds. The summed E-state index contributed by atoms with van der Waals surface area (Å²) in [7, 11) is 0. The molecule has 2 N–H and O–H groups in total. The molecule has 0 saturated carbocycles. The molecule has 0 aliphatic heterocycles. The van der Waals surface area contributed by atoms with Crippen molar-refractivity contribution in [3.8, 4) is 0 Å². The molecule has 7 heteroatoms. The Morgan fingerprint density at radius 3 is 2.44 bits per heavy atom. The minimum atomic E-state index is -0.902. The van der Waals surface area contributed by atoms with Gasteiger partial charge in [-0.25, -0.2) is 4.79 Å². The van der Waals surface area contributed by atoms with Crippen molar-refractivity contribution in [2.75, 3.05) is 17.2 Å². The van der Waals surface area contributed by atoms with Gasteiger partial charge in [0.25, 0.3) is 0 Å². The monoisotopic (exact) mass is 388 g/mol. The molecule has 2 rings (SSSR count). The second-order valence-electron chi connectivity index (χ2n) is 5.91. The normalized spacial score (nSPS) is 10.2. The maximum absolute atomic E-state index is 12.2. The fraction of sp³-hybridized carbons (Fsp3) is 0.250. The zero-order valence-electron chi connectivity index (χ0n) is 15.2. The van der Waals surface area contributed by atoms with Gasteiger partial charge in [-0.2, -0.15) is 0 Å². The van der Waals surface area contributed by atoms with Gasteiger partial charge in [0.2, 0.25) is 0 Å². The quantitative estimate of drug-likeness (QED) is 0.441. The maximum atomic E-state index is 12.2. The van der Waals surface area contributed by atoms with Gasteiger partial charge in [0.15, 0.2) is 0 Å². The lowest BCUT2D eigenvalue weighted by atomic mass is 10.1. The lowest BCUT2D eigenvalue weighted by molar-refractivity contribution is -0.133. The van der Waals surface area contributed by atoms with Crippen molar-refractivity contribution in [2.24, 2.45) is 0 Å². The van der Waals surface area contributed by atoms with E-state index < -0.39 is 17.8 Å². The molecule has 0 saturated heterocycles. The summed E-state index contributed by atoms with van der Waals surface area (Å²) in [5, 5.41) is 5.39. The van der Waals surface area contributed by atoms with Crippen LogP contribution in [0.3, 0.4) is 0 Å². The fourth-order valence-electron chi connectivity index (χ4n) is 2.19. The smallest absolute Gasteiger partial charge is 0.340 e. The third-order valence-electron chi connectivity index (χ3n) is 3.76. The molecule has 0 radical (unpaired) electrons. The van der Waals surface area contributed by atoms with Crippen LogP contribution in [0.15, 0.2) is 42.5 Å². The van der Waals surface area contributed by atoms with E-state index in [1.165, 1.54) is 12.1 Å². The number of halogens is 1. The summed E-state index contributed by atoms with van der Waals surface area (Å²) in [5.74, 6) is -2.32. The van der Waals surface area contributed by atoms with Crippen molar-refractivity contribution in [1.29, 1.82) is 0 Å². The standard InChI is InChI=1S/C20H21ClN2O4/c1-3-4-11-27-20(26)15-7-5-6-8-17(15)23-19(25)18(24)22-14-10-9-13(2)16(21)12-14/h5-10,12H,3-4,11H2,1-2H3,(H,22,24)(H,23,25). The van der Waals surface area contributed by atoms with Crippen LogP contribution in [0.2, 0.25) is 5.02 Å². The molecule has 0 spiro atoms. The van der Waals surface area contributed by atoms with Gasteiger partial charge in [-0.05, 0) is 43.2 Å². The topological polar surface area (TPSA) is 84.5 Å². The van der Waals surface area contributed by atoms with Crippen molar-refractivity contribution < 1.29 is 19.1 Å². The average molecular weight is 389 g/mol. The molecular formula is C20H21ClN2O4. The van der Waals surface area contributed by atoms with Gasteiger partial charge in [0.05, 0.1) is 17.9 Å². The average Bonchev–Trinajstić information content (AvgIpc) is 2.65. The van der Waals surface area contributed by atoms with Crippen molar-refractivity contribution in [2.45, 2.75) is 26.7 Å². The van der Waals surface area contributed by atoms with Crippen LogP contribution in [0.4, 0.5) is 11.4 Å². The van der Waals surface area contributed by atoms with Gasteiger partial charge < -0.3 is 15.4 Å². The number of carbonyl (C=O) groups is 3. The number of benzene rings is 2. The molecule has 0 atom stereocenters. The van der Waals surface area contributed by atoms with Crippen LogP contribution < -0.4 is 10.6 Å². The Morgan fingerprint density at radius 2 is 1.74 bits per heavy atom. The van der Waals surface area contributed by atoms with Gasteiger partial charge in [-0.15, -0.1) is 0 Å². The number of anilines is 2. The van der Waals surface area contributed by atoms with Crippen molar-refractivity contribution >= 4 is 40.8 Å². The number of unbranched alkanes of at least 4 members (excludes halogenated alkanes) is 1. The third kappa shape index (κ3) is 5.82. The number of rotatable bonds is 6. The summed E-state index contributed by atoms with van der Waals surface area (Å²) in [6.07, 6.45) is 1.65. The zero-order valence-corrected chi connectivity index (χ0v) is 15.9. The first-order valence-electron chi connectivity index (χ1n) is 8.57. The SMILES string of the molecule is CCCCOC(=O)c1ccccc1NC(=O)C(=O)Nc1ccc(C)c(Cl)c1. The number of amides is 2. The summed E-state index contributed by atoms with van der Waals surface area (Å²) in [4.78, 5) is 36.5. The molecule has 2 aromatic rings. The number of carbonyl (C=O) groups excluding carboxylic acids is 3. The van der Waals surface area contributed by atoms with Crippen LogP contribution in [0.5, 0.6) is 0 Å². The van der Waals surface area contributed by atoms with E-state index in [0.29, 0.717) is 17.3 Å². The Bertz CT molecular complexity index is 852. The number of nitrogens with one attached hydrogen (secondary N) is 2. The Hall–Kier alpha value is -2.86. The molecular weight excluding hydrogens is 368 g/mol. The van der Waals surface area contributed by atoms with E-state index in [2.05, 4.69) is 10.6 Å². The summed E-state index contributed by atoms with van der Waals surface area (Å²) in [6.45, 7) is 4.12. The molecule has 6 nitrogen and oxygen atoms in total. The largest absolute Gasteiger partial charge is 0.462 e. The van der Waals surface area contributed by atoms with Gasteiger partial charge in [-0.3, -0.25) is 9.59 Å². The summed E-state index contributed by atoms with van der Waals surface area (Å²) < 4.78 is 5.17. The molecule has 2 aromatic carbocycles. The highest BCUT2D eigenvalue weighted by atomic mass is 35.5. The third-order valence-corrected chi connectivity index (χ3v) is 4.17. The van der Waals surface area contributed by atoms with E-state index in [9.17, 15) is 14.4 Å². The van der Waals surface area contributed by atoms with Crippen LogP contribution in [-0.2, 0) is 14.3 Å². The Kier molecular flexibility index (Phi) is 7.37. The molecule has 0 heterocycles. The molecule has 0 unspecified atom stereocenters. The van der Waals surface area contributed by atoms with Crippen molar-refractivity contribution in [3.05, 3.63) is 58.6 Å². The van der Waals surface area contributed by atoms with Crippen LogP contribution in [0.1, 0.15) is 35.7 Å². The maximum Gasteiger partial charge on any atom is 0.340 e. The number of hydrogen-bond donors (Lipinski definition) is 2. The summed E-state index contributed by atoms with van der Waals surface area (Å²) >= 11 is 6.01. The van der Waals surface area contributed by atoms with Crippen molar-refractivity contribution in [3.63, 3.8) is 0 Å². The molecule has 27 heavy (non-hydrogen) atoms. The first-order valence-corrected chi connectivity index (χ1v) is 8.94. The van der Waals surface area contributed by atoms with Crippen LogP contribution >= 0.6 is 11.6 Å². The number of ether oxygens (including phenoxy) is 1. The number of aryl methyl sites for hydroxylation is 1. The zero-order chi connectivity index (χ0) is 19.8. The van der Waals surface area contributed by atoms with Gasteiger partial charge >= 0.3 is 17.8 Å². The van der Waals surface area contributed by atoms with E-state index in [4.69, 9.17) is 16.3 Å². The number of esters is 1. The van der Waals surface area contributed by atoms with Crippen LogP contribution in [-0.4, -0.2) is 24.4 Å².